The number of hydrogen-bond donors (Lipinski definition) is 6. The predicted octanol–water partition coefficient (Wildman–Crippen LogP) is -2.01. The summed E-state index contributed by atoms with van der Waals surface area (Å²) in [5, 5.41) is 20.4. The summed E-state index contributed by atoms with van der Waals surface area (Å²) < 4.78 is 6.07. The lowest BCUT2D eigenvalue weighted by molar-refractivity contribution is -0.156. The van der Waals surface area contributed by atoms with Crippen LogP contribution in [0, 0.1) is 5.92 Å². The molecule has 0 radical (unpaired) electrons. The minimum absolute atomic E-state index is 0.0517. The summed E-state index contributed by atoms with van der Waals surface area (Å²) in [5.74, 6) is -0.415. The molecule has 2 fully saturated rings. The number of rotatable bonds is 3. The first-order valence-corrected chi connectivity index (χ1v) is 7.90. The second kappa shape index (κ2) is 6.87. The van der Waals surface area contributed by atoms with E-state index in [-0.39, 0.29) is 24.2 Å². The molecule has 7 nitrogen and oxygen atoms in total. The highest BCUT2D eigenvalue weighted by Gasteiger charge is 2.48. The first kappa shape index (κ1) is 17.1. The van der Waals surface area contributed by atoms with Crippen LogP contribution in [0.4, 0.5) is 0 Å². The van der Waals surface area contributed by atoms with E-state index in [0.29, 0.717) is 6.42 Å². The molecule has 9 atom stereocenters. The quantitative estimate of drug-likeness (QED) is 0.352. The van der Waals surface area contributed by atoms with Gasteiger partial charge in [-0.15, -0.1) is 0 Å². The summed E-state index contributed by atoms with van der Waals surface area (Å²) >= 11 is 0. The van der Waals surface area contributed by atoms with Crippen LogP contribution in [0.5, 0.6) is 0 Å². The molecule has 0 aromatic carbocycles. The lowest BCUT2D eigenvalue weighted by Gasteiger charge is -2.48. The van der Waals surface area contributed by atoms with Crippen LogP contribution in [0.2, 0.25) is 0 Å². The summed E-state index contributed by atoms with van der Waals surface area (Å²) in [5.41, 5.74) is 24.2. The molecule has 7 heteroatoms. The first-order chi connectivity index (χ1) is 9.86. The van der Waals surface area contributed by atoms with Crippen molar-refractivity contribution in [3.63, 3.8) is 0 Å². The Kier molecular flexibility index (Phi) is 5.59. The largest absolute Gasteiger partial charge is 0.390 e. The van der Waals surface area contributed by atoms with Crippen molar-refractivity contribution >= 4 is 0 Å². The van der Waals surface area contributed by atoms with Crippen LogP contribution in [-0.2, 0) is 4.74 Å². The molecule has 0 aromatic heterocycles. The van der Waals surface area contributed by atoms with Crippen LogP contribution in [0.25, 0.3) is 0 Å². The van der Waals surface area contributed by atoms with Gasteiger partial charge < -0.3 is 37.9 Å². The average Bonchev–Trinajstić information content (AvgIpc) is 2.46. The molecule has 1 saturated carbocycles. The van der Waals surface area contributed by atoms with Gasteiger partial charge in [-0.3, -0.25) is 0 Å². The Bertz CT molecular complexity index is 346. The minimum Gasteiger partial charge on any atom is -0.390 e. The fourth-order valence-corrected chi connectivity index (χ4v) is 3.63. The maximum atomic E-state index is 10.4. The summed E-state index contributed by atoms with van der Waals surface area (Å²) in [7, 11) is 0. The maximum absolute atomic E-state index is 10.4. The van der Waals surface area contributed by atoms with Crippen LogP contribution in [0.15, 0.2) is 0 Å². The van der Waals surface area contributed by atoms with Crippen LogP contribution in [0.3, 0.4) is 0 Å². The number of hydrogen-bond acceptors (Lipinski definition) is 7. The second-order valence-electron chi connectivity index (χ2n) is 6.57. The monoisotopic (exact) mass is 302 g/mol. The van der Waals surface area contributed by atoms with E-state index in [1.807, 2.05) is 6.92 Å². The molecular weight excluding hydrogens is 272 g/mol. The lowest BCUT2D eigenvalue weighted by atomic mass is 9.72. The molecular formula is C14H30N4O3. The van der Waals surface area contributed by atoms with Gasteiger partial charge in [-0.2, -0.15) is 0 Å². The SMILES string of the molecule is CC[C@@H](N)[C@@H]1CC[C@@H](N)C([C@H]2[C@H](O)[C@@H](O)[C@H](N)C[C@@H]2N)O1. The van der Waals surface area contributed by atoms with Crippen LogP contribution in [0.1, 0.15) is 32.6 Å². The van der Waals surface area contributed by atoms with Crippen molar-refractivity contribution in [1.82, 2.24) is 0 Å². The molecule has 1 aliphatic carbocycles. The van der Waals surface area contributed by atoms with Gasteiger partial charge in [0.1, 0.15) is 0 Å². The van der Waals surface area contributed by atoms with Crippen LogP contribution >= 0.6 is 0 Å². The number of aliphatic hydroxyl groups excluding tert-OH is 2. The molecule has 0 amide bonds. The van der Waals surface area contributed by atoms with Crippen LogP contribution in [-0.4, -0.2) is 58.8 Å². The molecule has 0 bridgehead atoms. The van der Waals surface area contributed by atoms with Crippen molar-refractivity contribution in [2.75, 3.05) is 0 Å². The first-order valence-electron chi connectivity index (χ1n) is 7.90. The standard InChI is InChI=1S/C14H30N4O3/c1-2-6(15)10-4-3-7(16)14(21-10)11-8(17)5-9(18)12(19)13(11)20/h6-14,19-20H,2-5,15-18H2,1H3/t6-,7-,8+,9-,10+,11-,12+,13+,14?/m1/s1. The van der Waals surface area contributed by atoms with Crippen molar-refractivity contribution in [1.29, 1.82) is 0 Å². The van der Waals surface area contributed by atoms with Gasteiger partial charge in [0.05, 0.1) is 24.4 Å². The molecule has 21 heavy (non-hydrogen) atoms. The van der Waals surface area contributed by atoms with E-state index >= 15 is 0 Å². The Morgan fingerprint density at radius 1 is 1.05 bits per heavy atom. The van der Waals surface area contributed by atoms with Gasteiger partial charge in [-0.25, -0.2) is 0 Å². The smallest absolute Gasteiger partial charge is 0.0954 e. The van der Waals surface area contributed by atoms with Gasteiger partial charge in [0, 0.05) is 30.1 Å². The summed E-state index contributed by atoms with van der Waals surface area (Å²) in [4.78, 5) is 0. The van der Waals surface area contributed by atoms with Gasteiger partial charge >= 0.3 is 0 Å². The molecule has 1 heterocycles. The maximum Gasteiger partial charge on any atom is 0.0954 e. The molecule has 10 N–H and O–H groups in total. The summed E-state index contributed by atoms with van der Waals surface area (Å²) in [6, 6.07) is -1.12. The minimum atomic E-state index is -1.02. The molecule has 2 rings (SSSR count). The van der Waals surface area contributed by atoms with Crippen molar-refractivity contribution in [2.45, 2.75) is 81.2 Å². The van der Waals surface area contributed by atoms with Crippen molar-refractivity contribution in [3.8, 4) is 0 Å². The number of aliphatic hydroxyl groups is 2. The Morgan fingerprint density at radius 3 is 2.33 bits per heavy atom. The molecule has 0 aromatic rings. The zero-order valence-corrected chi connectivity index (χ0v) is 12.6. The highest BCUT2D eigenvalue weighted by atomic mass is 16.5. The van der Waals surface area contributed by atoms with E-state index in [2.05, 4.69) is 0 Å². The zero-order chi connectivity index (χ0) is 15.7. The van der Waals surface area contributed by atoms with Gasteiger partial charge in [0.15, 0.2) is 0 Å². The highest BCUT2D eigenvalue weighted by Crippen LogP contribution is 2.34. The molecule has 1 aliphatic heterocycles. The van der Waals surface area contributed by atoms with Gasteiger partial charge in [-0.1, -0.05) is 6.92 Å². The third kappa shape index (κ3) is 3.39. The normalized spacial score (nSPS) is 49.9. The molecule has 124 valence electrons. The van der Waals surface area contributed by atoms with Crippen molar-refractivity contribution < 1.29 is 14.9 Å². The summed E-state index contributed by atoms with van der Waals surface area (Å²) in [6.45, 7) is 2.02. The molecule has 2 aliphatic rings. The fourth-order valence-electron chi connectivity index (χ4n) is 3.63. The summed E-state index contributed by atoms with van der Waals surface area (Å²) in [6.07, 6.45) is 0.371. The molecule has 0 spiro atoms. The number of nitrogens with two attached hydrogens (primary N) is 4. The van der Waals surface area contributed by atoms with E-state index in [1.54, 1.807) is 0 Å². The van der Waals surface area contributed by atoms with Crippen molar-refractivity contribution in [2.24, 2.45) is 28.9 Å². The van der Waals surface area contributed by atoms with Gasteiger partial charge in [-0.05, 0) is 25.7 Å². The Hall–Kier alpha value is -0.280. The van der Waals surface area contributed by atoms with E-state index in [1.165, 1.54) is 0 Å². The van der Waals surface area contributed by atoms with Crippen molar-refractivity contribution in [3.05, 3.63) is 0 Å². The van der Waals surface area contributed by atoms with Gasteiger partial charge in [0.25, 0.3) is 0 Å². The van der Waals surface area contributed by atoms with E-state index < -0.39 is 30.3 Å². The molecule has 1 saturated heterocycles. The fraction of sp³-hybridized carbons (Fsp3) is 1.00. The van der Waals surface area contributed by atoms with Gasteiger partial charge in [0.2, 0.25) is 0 Å². The second-order valence-corrected chi connectivity index (χ2v) is 6.57. The topological polar surface area (TPSA) is 154 Å². The Balaban J connectivity index is 2.13. The third-order valence-electron chi connectivity index (χ3n) is 5.09. The lowest BCUT2D eigenvalue weighted by Crippen LogP contribution is -2.65. The number of ether oxygens (including phenoxy) is 1. The highest BCUT2D eigenvalue weighted by molar-refractivity contribution is 5.03. The average molecular weight is 302 g/mol. The Morgan fingerprint density at radius 2 is 1.71 bits per heavy atom. The zero-order valence-electron chi connectivity index (χ0n) is 12.6. The predicted molar refractivity (Wildman–Crippen MR) is 80.2 cm³/mol. The van der Waals surface area contributed by atoms with E-state index in [9.17, 15) is 10.2 Å². The third-order valence-corrected chi connectivity index (χ3v) is 5.09. The molecule has 1 unspecified atom stereocenters. The van der Waals surface area contributed by atoms with Crippen LogP contribution < -0.4 is 22.9 Å². The van der Waals surface area contributed by atoms with E-state index in [0.717, 1.165) is 19.3 Å². The van der Waals surface area contributed by atoms with E-state index in [4.69, 9.17) is 27.7 Å². The Labute approximate surface area is 126 Å².